The largest absolute Gasteiger partial charge is 0.490 e. The second-order valence-electron chi connectivity index (χ2n) is 4.76. The van der Waals surface area contributed by atoms with Crippen LogP contribution in [0, 0.1) is 0 Å². The Morgan fingerprint density at radius 3 is 2.60 bits per heavy atom. The third-order valence-electron chi connectivity index (χ3n) is 2.90. The van der Waals surface area contributed by atoms with Crippen LogP contribution in [0.15, 0.2) is 24.3 Å². The summed E-state index contributed by atoms with van der Waals surface area (Å²) in [6.45, 7) is 3.57. The zero-order chi connectivity index (χ0) is 10.9. The van der Waals surface area contributed by atoms with Gasteiger partial charge in [-0.05, 0) is 50.8 Å². The number of hydrogen-bond donors (Lipinski definition) is 1. The van der Waals surface area contributed by atoms with Crippen LogP contribution in [0.1, 0.15) is 38.7 Å². The summed E-state index contributed by atoms with van der Waals surface area (Å²) in [4.78, 5) is 0. The molecule has 1 aliphatic rings. The molecular weight excluding hydrogens is 188 g/mol. The summed E-state index contributed by atoms with van der Waals surface area (Å²) in [6, 6.07) is 7.74. The van der Waals surface area contributed by atoms with Crippen molar-refractivity contribution in [2.75, 3.05) is 0 Å². The molecule has 0 amide bonds. The molecule has 1 aromatic rings. The van der Waals surface area contributed by atoms with Crippen molar-refractivity contribution in [2.24, 2.45) is 0 Å². The van der Waals surface area contributed by atoms with Gasteiger partial charge in [0, 0.05) is 0 Å². The van der Waals surface area contributed by atoms with Crippen molar-refractivity contribution in [3.05, 3.63) is 29.8 Å². The molecule has 0 aliphatic heterocycles. The van der Waals surface area contributed by atoms with E-state index >= 15 is 0 Å². The van der Waals surface area contributed by atoms with Crippen LogP contribution in [-0.2, 0) is 5.60 Å². The SMILES string of the molecule is CC(C)(O)c1cccc(OC2CCC2)c1. The third-order valence-corrected chi connectivity index (χ3v) is 2.90. The van der Waals surface area contributed by atoms with Crippen LogP contribution < -0.4 is 4.74 Å². The third kappa shape index (κ3) is 2.51. The van der Waals surface area contributed by atoms with E-state index in [4.69, 9.17) is 4.74 Å². The molecule has 1 saturated carbocycles. The van der Waals surface area contributed by atoms with Crippen LogP contribution >= 0.6 is 0 Å². The fourth-order valence-electron chi connectivity index (χ4n) is 1.63. The molecule has 0 unspecified atom stereocenters. The number of aliphatic hydroxyl groups is 1. The number of ether oxygens (including phenoxy) is 1. The summed E-state index contributed by atoms with van der Waals surface area (Å²) in [6.07, 6.45) is 3.98. The van der Waals surface area contributed by atoms with Gasteiger partial charge in [0.05, 0.1) is 11.7 Å². The molecule has 1 N–H and O–H groups in total. The Bertz CT molecular complexity index is 335. The van der Waals surface area contributed by atoms with E-state index in [9.17, 15) is 5.11 Å². The molecule has 2 rings (SSSR count). The Kier molecular flexibility index (Phi) is 2.70. The van der Waals surface area contributed by atoms with Gasteiger partial charge in [-0.1, -0.05) is 12.1 Å². The fraction of sp³-hybridized carbons (Fsp3) is 0.538. The van der Waals surface area contributed by atoms with Crippen molar-refractivity contribution in [3.8, 4) is 5.75 Å². The van der Waals surface area contributed by atoms with Crippen LogP contribution in [0.25, 0.3) is 0 Å². The highest BCUT2D eigenvalue weighted by Crippen LogP contribution is 2.28. The standard InChI is InChI=1S/C13H18O2/c1-13(2,14)10-5-3-8-12(9-10)15-11-6-4-7-11/h3,5,8-9,11,14H,4,6-7H2,1-2H3. The first-order valence-corrected chi connectivity index (χ1v) is 5.55. The van der Waals surface area contributed by atoms with Crippen molar-refractivity contribution in [3.63, 3.8) is 0 Å². The maximum atomic E-state index is 9.86. The molecule has 1 fully saturated rings. The molecule has 0 atom stereocenters. The summed E-state index contributed by atoms with van der Waals surface area (Å²) in [7, 11) is 0. The Labute approximate surface area is 90.9 Å². The van der Waals surface area contributed by atoms with Crippen LogP contribution in [0.3, 0.4) is 0 Å². The minimum atomic E-state index is -0.793. The Hall–Kier alpha value is -1.02. The molecule has 15 heavy (non-hydrogen) atoms. The molecular formula is C13H18O2. The quantitative estimate of drug-likeness (QED) is 0.824. The first kappa shape index (κ1) is 10.5. The second kappa shape index (κ2) is 3.86. The van der Waals surface area contributed by atoms with Crippen molar-refractivity contribution in [1.29, 1.82) is 0 Å². The lowest BCUT2D eigenvalue weighted by molar-refractivity contribution is 0.0771. The van der Waals surface area contributed by atoms with Gasteiger partial charge in [-0.25, -0.2) is 0 Å². The summed E-state index contributed by atoms with van der Waals surface area (Å²) >= 11 is 0. The number of rotatable bonds is 3. The van der Waals surface area contributed by atoms with Gasteiger partial charge in [-0.15, -0.1) is 0 Å². The molecule has 0 saturated heterocycles. The highest BCUT2D eigenvalue weighted by molar-refractivity contribution is 5.31. The van der Waals surface area contributed by atoms with E-state index in [0.717, 1.165) is 24.2 Å². The summed E-state index contributed by atoms with van der Waals surface area (Å²) in [5, 5.41) is 9.86. The van der Waals surface area contributed by atoms with E-state index in [0.29, 0.717) is 6.10 Å². The van der Waals surface area contributed by atoms with Crippen LogP contribution in [0.5, 0.6) is 5.75 Å². The van der Waals surface area contributed by atoms with Gasteiger partial charge in [0.1, 0.15) is 5.75 Å². The Morgan fingerprint density at radius 1 is 1.33 bits per heavy atom. The van der Waals surface area contributed by atoms with Gasteiger partial charge in [0.25, 0.3) is 0 Å². The van der Waals surface area contributed by atoms with Crippen molar-refractivity contribution >= 4 is 0 Å². The monoisotopic (exact) mass is 206 g/mol. The van der Waals surface area contributed by atoms with Gasteiger partial charge >= 0.3 is 0 Å². The average molecular weight is 206 g/mol. The molecule has 0 heterocycles. The lowest BCUT2D eigenvalue weighted by atomic mass is 9.95. The molecule has 0 bridgehead atoms. The van der Waals surface area contributed by atoms with E-state index in [1.807, 2.05) is 24.3 Å². The highest BCUT2D eigenvalue weighted by atomic mass is 16.5. The first-order valence-electron chi connectivity index (χ1n) is 5.55. The fourth-order valence-corrected chi connectivity index (χ4v) is 1.63. The van der Waals surface area contributed by atoms with Crippen LogP contribution in [-0.4, -0.2) is 11.2 Å². The summed E-state index contributed by atoms with van der Waals surface area (Å²) in [5.41, 5.74) is 0.109. The van der Waals surface area contributed by atoms with Gasteiger partial charge in [-0.2, -0.15) is 0 Å². The molecule has 0 spiro atoms. The zero-order valence-corrected chi connectivity index (χ0v) is 9.36. The van der Waals surface area contributed by atoms with Crippen molar-refractivity contribution in [2.45, 2.75) is 44.8 Å². The normalized spacial score (nSPS) is 17.3. The Balaban J connectivity index is 2.11. The first-order chi connectivity index (χ1) is 7.05. The van der Waals surface area contributed by atoms with E-state index in [1.54, 1.807) is 13.8 Å². The lowest BCUT2D eigenvalue weighted by Crippen LogP contribution is -2.24. The van der Waals surface area contributed by atoms with E-state index in [1.165, 1.54) is 6.42 Å². The van der Waals surface area contributed by atoms with Crippen LogP contribution in [0.2, 0.25) is 0 Å². The van der Waals surface area contributed by atoms with Gasteiger partial charge < -0.3 is 9.84 Å². The van der Waals surface area contributed by atoms with Crippen molar-refractivity contribution in [1.82, 2.24) is 0 Å². The molecule has 82 valence electrons. The van der Waals surface area contributed by atoms with E-state index in [-0.39, 0.29) is 0 Å². The minimum Gasteiger partial charge on any atom is -0.490 e. The topological polar surface area (TPSA) is 29.5 Å². The van der Waals surface area contributed by atoms with Crippen LogP contribution in [0.4, 0.5) is 0 Å². The second-order valence-corrected chi connectivity index (χ2v) is 4.76. The molecule has 2 heteroatoms. The maximum absolute atomic E-state index is 9.86. The van der Waals surface area contributed by atoms with Gasteiger partial charge in [-0.3, -0.25) is 0 Å². The minimum absolute atomic E-state index is 0.391. The van der Waals surface area contributed by atoms with E-state index in [2.05, 4.69) is 0 Å². The van der Waals surface area contributed by atoms with Crippen molar-refractivity contribution < 1.29 is 9.84 Å². The Morgan fingerprint density at radius 2 is 2.07 bits per heavy atom. The predicted molar refractivity (Wildman–Crippen MR) is 60.0 cm³/mol. The molecule has 0 aromatic heterocycles. The van der Waals surface area contributed by atoms with Gasteiger partial charge in [0.2, 0.25) is 0 Å². The molecule has 0 radical (unpaired) electrons. The zero-order valence-electron chi connectivity index (χ0n) is 9.36. The average Bonchev–Trinajstić information content (AvgIpc) is 2.11. The lowest BCUT2D eigenvalue weighted by Gasteiger charge is -2.27. The number of hydrogen-bond acceptors (Lipinski definition) is 2. The predicted octanol–water partition coefficient (Wildman–Crippen LogP) is 2.85. The molecule has 2 nitrogen and oxygen atoms in total. The molecule has 1 aromatic carbocycles. The maximum Gasteiger partial charge on any atom is 0.120 e. The number of benzene rings is 1. The summed E-state index contributed by atoms with van der Waals surface area (Å²) in [5.74, 6) is 0.874. The molecule has 1 aliphatic carbocycles. The van der Waals surface area contributed by atoms with E-state index < -0.39 is 5.60 Å². The smallest absolute Gasteiger partial charge is 0.120 e. The highest BCUT2D eigenvalue weighted by Gasteiger charge is 2.20. The summed E-state index contributed by atoms with van der Waals surface area (Å²) < 4.78 is 5.78. The van der Waals surface area contributed by atoms with Gasteiger partial charge in [0.15, 0.2) is 0 Å².